The number of rotatable bonds is 6. The molecule has 0 spiro atoms. The van der Waals surface area contributed by atoms with Crippen LogP contribution >= 0.6 is 23.4 Å². The van der Waals surface area contributed by atoms with Gasteiger partial charge in [0.15, 0.2) is 0 Å². The summed E-state index contributed by atoms with van der Waals surface area (Å²) in [4.78, 5) is 0. The molecule has 0 aliphatic heterocycles. The van der Waals surface area contributed by atoms with Crippen LogP contribution in [0.15, 0.2) is 18.2 Å². The molecule has 1 rings (SSSR count). The second-order valence-corrected chi connectivity index (χ2v) is 5.49. The normalized spacial score (nSPS) is 14.6. The maximum Gasteiger partial charge on any atom is 0.142 e. The Labute approximate surface area is 111 Å². The lowest BCUT2D eigenvalue weighted by Crippen LogP contribution is -2.39. The molecule has 1 aromatic carbocycles. The van der Waals surface area contributed by atoms with Crippen molar-refractivity contribution in [2.45, 2.75) is 19.1 Å². The zero-order valence-electron chi connectivity index (χ0n) is 9.96. The minimum absolute atomic E-state index is 0.143. The van der Waals surface area contributed by atoms with Crippen molar-refractivity contribution in [1.29, 1.82) is 0 Å². The molecule has 0 heterocycles. The molecule has 96 valence electrons. The summed E-state index contributed by atoms with van der Waals surface area (Å²) in [7, 11) is 0. The van der Waals surface area contributed by atoms with E-state index in [2.05, 4.69) is 5.32 Å². The van der Waals surface area contributed by atoms with Gasteiger partial charge in [-0.2, -0.15) is 11.8 Å². The van der Waals surface area contributed by atoms with Gasteiger partial charge in [0.2, 0.25) is 0 Å². The third-order valence-electron chi connectivity index (χ3n) is 2.31. The lowest BCUT2D eigenvalue weighted by Gasteiger charge is -2.22. The van der Waals surface area contributed by atoms with Gasteiger partial charge in [-0.1, -0.05) is 23.7 Å². The predicted molar refractivity (Wildman–Crippen MR) is 72.1 cm³/mol. The lowest BCUT2D eigenvalue weighted by molar-refractivity contribution is 0.0846. The average Bonchev–Trinajstić information content (AvgIpc) is 2.24. The van der Waals surface area contributed by atoms with E-state index in [0.29, 0.717) is 24.4 Å². The molecule has 1 unspecified atom stereocenters. The zero-order chi connectivity index (χ0) is 12.9. The van der Waals surface area contributed by atoms with E-state index >= 15 is 0 Å². The molecule has 0 saturated carbocycles. The molecule has 0 aromatic heterocycles. The van der Waals surface area contributed by atoms with Gasteiger partial charge in [0.05, 0.1) is 10.6 Å². The monoisotopic (exact) mass is 277 g/mol. The predicted octanol–water partition coefficient (Wildman–Crippen LogP) is 2.68. The summed E-state index contributed by atoms with van der Waals surface area (Å²) in [6.07, 6.45) is 1.94. The van der Waals surface area contributed by atoms with Gasteiger partial charge in [0.1, 0.15) is 5.82 Å². The van der Waals surface area contributed by atoms with Crippen molar-refractivity contribution in [2.24, 2.45) is 0 Å². The Morgan fingerprint density at radius 3 is 2.88 bits per heavy atom. The second kappa shape index (κ2) is 6.59. The number of halogens is 2. The van der Waals surface area contributed by atoms with E-state index in [1.165, 1.54) is 6.07 Å². The minimum atomic E-state index is -0.765. The Kier molecular flexibility index (Phi) is 5.73. The highest BCUT2D eigenvalue weighted by Crippen LogP contribution is 2.19. The molecule has 1 atom stereocenters. The summed E-state index contributed by atoms with van der Waals surface area (Å²) >= 11 is 7.41. The highest BCUT2D eigenvalue weighted by Gasteiger charge is 2.18. The fourth-order valence-electron chi connectivity index (χ4n) is 1.51. The van der Waals surface area contributed by atoms with Crippen LogP contribution in [-0.2, 0) is 6.54 Å². The molecule has 0 aliphatic rings. The van der Waals surface area contributed by atoms with E-state index < -0.39 is 11.4 Å². The van der Waals surface area contributed by atoms with E-state index in [4.69, 9.17) is 11.6 Å². The molecule has 0 saturated heterocycles. The fourth-order valence-corrected chi connectivity index (χ4v) is 2.43. The van der Waals surface area contributed by atoms with Gasteiger partial charge in [-0.25, -0.2) is 4.39 Å². The summed E-state index contributed by atoms with van der Waals surface area (Å²) < 4.78 is 13.1. The van der Waals surface area contributed by atoms with Crippen LogP contribution in [0.5, 0.6) is 0 Å². The largest absolute Gasteiger partial charge is 0.388 e. The summed E-state index contributed by atoms with van der Waals surface area (Å²) in [5.41, 5.74) is -0.0641. The zero-order valence-corrected chi connectivity index (χ0v) is 11.5. The van der Waals surface area contributed by atoms with Gasteiger partial charge in [-0.05, 0) is 24.8 Å². The Balaban J connectivity index is 2.49. The summed E-state index contributed by atoms with van der Waals surface area (Å²) in [5.74, 6) is 0.235. The molecule has 2 N–H and O–H groups in total. The summed E-state index contributed by atoms with van der Waals surface area (Å²) in [5, 5.41) is 13.1. The van der Waals surface area contributed by atoms with E-state index in [9.17, 15) is 9.50 Å². The first-order valence-corrected chi connectivity index (χ1v) is 7.08. The first-order chi connectivity index (χ1) is 7.96. The second-order valence-electron chi connectivity index (χ2n) is 4.25. The van der Waals surface area contributed by atoms with Gasteiger partial charge < -0.3 is 10.4 Å². The van der Waals surface area contributed by atoms with Crippen LogP contribution in [-0.4, -0.2) is 29.3 Å². The standard InChI is InChI=1S/C12H17ClFNOS/c1-12(16,8-17-2)7-15-6-9-4-3-5-10(14)11(9)13/h3-5,15-16H,6-8H2,1-2H3. The Morgan fingerprint density at radius 2 is 2.24 bits per heavy atom. The molecule has 0 bridgehead atoms. The van der Waals surface area contributed by atoms with Crippen molar-refractivity contribution in [3.63, 3.8) is 0 Å². The van der Waals surface area contributed by atoms with Gasteiger partial charge in [0, 0.05) is 18.8 Å². The Morgan fingerprint density at radius 1 is 1.53 bits per heavy atom. The molecule has 0 fully saturated rings. The number of nitrogens with one attached hydrogen (secondary N) is 1. The number of aliphatic hydroxyl groups is 1. The highest BCUT2D eigenvalue weighted by molar-refractivity contribution is 7.98. The SMILES string of the molecule is CSCC(C)(O)CNCc1cccc(F)c1Cl. The van der Waals surface area contributed by atoms with Crippen LogP contribution < -0.4 is 5.32 Å². The van der Waals surface area contributed by atoms with E-state index in [0.717, 1.165) is 0 Å². The quantitative estimate of drug-likeness (QED) is 0.839. The molecule has 1 aromatic rings. The highest BCUT2D eigenvalue weighted by atomic mass is 35.5. The van der Waals surface area contributed by atoms with Crippen molar-refractivity contribution in [3.8, 4) is 0 Å². The smallest absolute Gasteiger partial charge is 0.142 e. The van der Waals surface area contributed by atoms with Crippen LogP contribution in [0.3, 0.4) is 0 Å². The number of hydrogen-bond donors (Lipinski definition) is 2. The third kappa shape index (κ3) is 4.84. The van der Waals surface area contributed by atoms with Gasteiger partial charge in [0.25, 0.3) is 0 Å². The Bertz CT molecular complexity index is 374. The van der Waals surface area contributed by atoms with E-state index in [-0.39, 0.29) is 5.02 Å². The van der Waals surface area contributed by atoms with E-state index in [1.807, 2.05) is 6.26 Å². The van der Waals surface area contributed by atoms with E-state index in [1.54, 1.807) is 30.8 Å². The average molecular weight is 278 g/mol. The van der Waals surface area contributed by atoms with Crippen LogP contribution in [0, 0.1) is 5.82 Å². The minimum Gasteiger partial charge on any atom is -0.388 e. The molecule has 5 heteroatoms. The topological polar surface area (TPSA) is 32.3 Å². The number of hydrogen-bond acceptors (Lipinski definition) is 3. The van der Waals surface area contributed by atoms with Crippen molar-refractivity contribution >= 4 is 23.4 Å². The van der Waals surface area contributed by atoms with Crippen LogP contribution in [0.25, 0.3) is 0 Å². The van der Waals surface area contributed by atoms with Gasteiger partial charge >= 0.3 is 0 Å². The Hall–Kier alpha value is -0.290. The molecule has 0 radical (unpaired) electrons. The molecule has 17 heavy (non-hydrogen) atoms. The first-order valence-electron chi connectivity index (χ1n) is 5.31. The number of thioether (sulfide) groups is 1. The fraction of sp³-hybridized carbons (Fsp3) is 0.500. The molecule has 0 amide bonds. The maximum absolute atomic E-state index is 13.1. The summed E-state index contributed by atoms with van der Waals surface area (Å²) in [6.45, 7) is 2.66. The van der Waals surface area contributed by atoms with Gasteiger partial charge in [-0.15, -0.1) is 0 Å². The lowest BCUT2D eigenvalue weighted by atomic mass is 10.1. The maximum atomic E-state index is 13.1. The molecular formula is C12H17ClFNOS. The molecule has 2 nitrogen and oxygen atoms in total. The first kappa shape index (κ1) is 14.8. The van der Waals surface area contributed by atoms with Crippen molar-refractivity contribution < 1.29 is 9.50 Å². The van der Waals surface area contributed by atoms with Crippen molar-refractivity contribution in [3.05, 3.63) is 34.6 Å². The number of benzene rings is 1. The molecular weight excluding hydrogens is 261 g/mol. The van der Waals surface area contributed by atoms with Gasteiger partial charge in [-0.3, -0.25) is 0 Å². The van der Waals surface area contributed by atoms with Crippen LogP contribution in [0.4, 0.5) is 4.39 Å². The van der Waals surface area contributed by atoms with Crippen LogP contribution in [0.1, 0.15) is 12.5 Å². The van der Waals surface area contributed by atoms with Crippen molar-refractivity contribution in [2.75, 3.05) is 18.6 Å². The third-order valence-corrected chi connectivity index (χ3v) is 3.64. The van der Waals surface area contributed by atoms with Crippen molar-refractivity contribution in [1.82, 2.24) is 5.32 Å². The summed E-state index contributed by atoms with van der Waals surface area (Å²) in [6, 6.07) is 4.72. The van der Waals surface area contributed by atoms with Crippen LogP contribution in [0.2, 0.25) is 5.02 Å². The molecule has 0 aliphatic carbocycles.